The zero-order chi connectivity index (χ0) is 17.3. The van der Waals surface area contributed by atoms with Gasteiger partial charge in [0.2, 0.25) is 9.84 Å². The van der Waals surface area contributed by atoms with Crippen LogP contribution in [0.25, 0.3) is 0 Å². The molecule has 3 rings (SSSR count). The third-order valence-electron chi connectivity index (χ3n) is 4.56. The van der Waals surface area contributed by atoms with E-state index in [1.165, 1.54) is 24.3 Å². The van der Waals surface area contributed by atoms with Crippen molar-refractivity contribution in [1.82, 2.24) is 4.81 Å². The molecule has 2 aromatic rings. The van der Waals surface area contributed by atoms with Gasteiger partial charge < -0.3 is 14.9 Å². The van der Waals surface area contributed by atoms with E-state index in [4.69, 9.17) is 0 Å². The number of phenols is 1. The highest BCUT2D eigenvalue weighted by atomic mass is 32.2. The number of phenolic OH excluding ortho intramolecular Hbond substituents is 1. The van der Waals surface area contributed by atoms with Crippen LogP contribution in [0, 0.1) is 0 Å². The summed E-state index contributed by atoms with van der Waals surface area (Å²) in [4.78, 5) is 2.41. The predicted octanol–water partition coefficient (Wildman–Crippen LogP) is 2.12. The molecule has 0 radical (unpaired) electrons. The Hall–Kier alpha value is -1.83. The molecule has 0 amide bonds. The van der Waals surface area contributed by atoms with Gasteiger partial charge in [-0.3, -0.25) is 0 Å². The van der Waals surface area contributed by atoms with Crippen molar-refractivity contribution in [2.75, 3.05) is 13.1 Å². The maximum atomic E-state index is 12.6. The smallest absolute Gasteiger partial charge is 0.376 e. The van der Waals surface area contributed by atoms with Gasteiger partial charge >= 0.3 is 7.05 Å². The van der Waals surface area contributed by atoms with Crippen molar-refractivity contribution in [3.05, 3.63) is 54.1 Å². The quantitative estimate of drug-likeness (QED) is 0.830. The molecule has 0 saturated carbocycles. The van der Waals surface area contributed by atoms with E-state index in [0.717, 1.165) is 25.1 Å². The molecule has 24 heavy (non-hydrogen) atoms. The molecule has 1 aliphatic rings. The Bertz CT molecular complexity index is 803. The molecule has 5 nitrogen and oxygen atoms in total. The molecule has 2 aromatic carbocycles. The van der Waals surface area contributed by atoms with Crippen molar-refractivity contribution >= 4 is 16.9 Å². The van der Waals surface area contributed by atoms with E-state index in [1.807, 2.05) is 16.9 Å². The summed E-state index contributed by atoms with van der Waals surface area (Å²) >= 11 is 0. The van der Waals surface area contributed by atoms with Crippen molar-refractivity contribution in [1.29, 1.82) is 0 Å². The van der Waals surface area contributed by atoms with E-state index in [9.17, 15) is 18.5 Å². The number of nitrogens with zero attached hydrogens (tertiary/aromatic N) is 1. The largest absolute Gasteiger partial charge is 0.508 e. The molecule has 1 aliphatic heterocycles. The van der Waals surface area contributed by atoms with Crippen molar-refractivity contribution in [3.63, 3.8) is 0 Å². The summed E-state index contributed by atoms with van der Waals surface area (Å²) in [6.07, 6.45) is 0.953. The van der Waals surface area contributed by atoms with Crippen molar-refractivity contribution in [2.24, 2.45) is 0 Å². The van der Waals surface area contributed by atoms with Crippen LogP contribution >= 0.6 is 0 Å². The molecule has 1 fully saturated rings. The first-order chi connectivity index (χ1) is 11.4. The summed E-state index contributed by atoms with van der Waals surface area (Å²) in [7, 11) is -4.04. The lowest BCUT2D eigenvalue weighted by Crippen LogP contribution is -2.34. The van der Waals surface area contributed by atoms with Gasteiger partial charge in [-0.05, 0) is 74.2 Å². The minimum Gasteiger partial charge on any atom is -0.508 e. The van der Waals surface area contributed by atoms with Gasteiger partial charge in [-0.2, -0.15) is 0 Å². The topological polar surface area (TPSA) is 77.8 Å². The summed E-state index contributed by atoms with van der Waals surface area (Å²) in [5.74, 6) is 0.346. The van der Waals surface area contributed by atoms with Gasteiger partial charge in [0.1, 0.15) is 5.75 Å². The van der Waals surface area contributed by atoms with Crippen LogP contribution in [-0.2, 0) is 9.84 Å². The van der Waals surface area contributed by atoms with Crippen molar-refractivity contribution < 1.29 is 18.5 Å². The molecule has 126 valence electrons. The Kier molecular flexibility index (Phi) is 4.67. The lowest BCUT2D eigenvalue weighted by atomic mass is 9.85. The Balaban J connectivity index is 1.81. The fourth-order valence-corrected chi connectivity index (χ4v) is 4.34. The summed E-state index contributed by atoms with van der Waals surface area (Å²) < 4.78 is 25.2. The number of benzene rings is 2. The van der Waals surface area contributed by atoms with Gasteiger partial charge in [0.15, 0.2) is 0 Å². The van der Waals surface area contributed by atoms with Crippen LogP contribution in [0.15, 0.2) is 58.3 Å². The number of sulfone groups is 1. The first kappa shape index (κ1) is 17.0. The van der Waals surface area contributed by atoms with Gasteiger partial charge in [0.25, 0.3) is 0 Å². The Morgan fingerprint density at radius 1 is 1.04 bits per heavy atom. The van der Waals surface area contributed by atoms with Crippen molar-refractivity contribution in [2.45, 2.75) is 29.0 Å². The van der Waals surface area contributed by atoms with Crippen LogP contribution in [0.2, 0.25) is 6.82 Å². The van der Waals surface area contributed by atoms with Crippen molar-refractivity contribution in [3.8, 4) is 5.75 Å². The molecule has 0 aliphatic carbocycles. The molecule has 2 N–H and O–H groups in total. The van der Waals surface area contributed by atoms with E-state index in [2.05, 4.69) is 0 Å². The molecular weight excluding hydrogens is 325 g/mol. The average molecular weight is 345 g/mol. The third kappa shape index (κ3) is 3.33. The lowest BCUT2D eigenvalue weighted by molar-refractivity contribution is 0.420. The molecule has 1 heterocycles. The van der Waals surface area contributed by atoms with E-state index < -0.39 is 16.9 Å². The summed E-state index contributed by atoms with van der Waals surface area (Å²) in [6, 6.07) is 12.5. The molecule has 7 heteroatoms. The van der Waals surface area contributed by atoms with E-state index >= 15 is 0 Å². The Morgan fingerprint density at radius 2 is 1.58 bits per heavy atom. The standard InChI is InChI=1S/C17H20BNO4S/c1-18(21)19-11-10-14(12-19)13-2-6-16(7-3-13)24(22,23)17-8-4-15(20)5-9-17/h2-9,14,20-21H,10-12H2,1H3/t14-/m1/s1. The lowest BCUT2D eigenvalue weighted by Gasteiger charge is -2.16. The highest BCUT2D eigenvalue weighted by Crippen LogP contribution is 2.29. The summed E-state index contributed by atoms with van der Waals surface area (Å²) in [5, 5.41) is 18.9. The maximum absolute atomic E-state index is 12.6. The van der Waals surface area contributed by atoms with E-state index in [0.29, 0.717) is 5.92 Å². The molecule has 0 unspecified atom stereocenters. The van der Waals surface area contributed by atoms with Gasteiger partial charge in [0.05, 0.1) is 9.79 Å². The Labute approximate surface area is 142 Å². The van der Waals surface area contributed by atoms with Gasteiger partial charge in [-0.1, -0.05) is 12.1 Å². The maximum Gasteiger partial charge on any atom is 0.376 e. The fourth-order valence-electron chi connectivity index (χ4n) is 3.08. The van der Waals surface area contributed by atoms with E-state index in [1.54, 1.807) is 19.0 Å². The fraction of sp³-hybridized carbons (Fsp3) is 0.294. The second-order valence-electron chi connectivity index (χ2n) is 6.18. The van der Waals surface area contributed by atoms with Gasteiger partial charge in [0, 0.05) is 0 Å². The first-order valence-electron chi connectivity index (χ1n) is 7.94. The zero-order valence-electron chi connectivity index (χ0n) is 13.5. The second-order valence-corrected chi connectivity index (χ2v) is 8.13. The zero-order valence-corrected chi connectivity index (χ0v) is 14.3. The van der Waals surface area contributed by atoms with Crippen LogP contribution in [0.1, 0.15) is 17.9 Å². The third-order valence-corrected chi connectivity index (χ3v) is 6.34. The van der Waals surface area contributed by atoms with Gasteiger partial charge in [-0.25, -0.2) is 8.42 Å². The first-order valence-corrected chi connectivity index (χ1v) is 9.42. The monoisotopic (exact) mass is 345 g/mol. The number of rotatable bonds is 4. The number of hydrogen-bond acceptors (Lipinski definition) is 5. The highest BCUT2D eigenvalue weighted by Gasteiger charge is 2.28. The average Bonchev–Trinajstić information content (AvgIpc) is 3.06. The molecule has 0 spiro atoms. The number of hydrogen-bond donors (Lipinski definition) is 2. The predicted molar refractivity (Wildman–Crippen MR) is 92.8 cm³/mol. The minimum absolute atomic E-state index is 0.0354. The minimum atomic E-state index is -3.58. The molecule has 0 bridgehead atoms. The summed E-state index contributed by atoms with van der Waals surface area (Å²) in [6.45, 7) is 3.38. The van der Waals surface area contributed by atoms with Crippen LogP contribution < -0.4 is 0 Å². The molecule has 0 aromatic heterocycles. The van der Waals surface area contributed by atoms with Crippen LogP contribution in [-0.4, -0.2) is 43.5 Å². The van der Waals surface area contributed by atoms with E-state index in [-0.39, 0.29) is 15.5 Å². The molecular formula is C17H20BNO4S. The second kappa shape index (κ2) is 6.59. The number of aromatic hydroxyl groups is 1. The summed E-state index contributed by atoms with van der Waals surface area (Å²) in [5.41, 5.74) is 1.09. The molecule has 1 saturated heterocycles. The van der Waals surface area contributed by atoms with Crippen LogP contribution in [0.3, 0.4) is 0 Å². The van der Waals surface area contributed by atoms with Crippen LogP contribution in [0.4, 0.5) is 0 Å². The Morgan fingerprint density at radius 3 is 2.08 bits per heavy atom. The molecule has 1 atom stereocenters. The van der Waals surface area contributed by atoms with Crippen LogP contribution in [0.5, 0.6) is 5.75 Å². The highest BCUT2D eigenvalue weighted by molar-refractivity contribution is 7.91. The van der Waals surface area contributed by atoms with Gasteiger partial charge in [-0.15, -0.1) is 0 Å². The normalized spacial score (nSPS) is 18.7. The SMILES string of the molecule is CB(O)N1CC[C@@H](c2ccc(S(=O)(=O)c3ccc(O)cc3)cc2)C1.